The van der Waals surface area contributed by atoms with Gasteiger partial charge in [-0.25, -0.2) is 4.79 Å². The molecule has 0 aromatic heterocycles. The number of quaternary nitrogens is 1. The Morgan fingerprint density at radius 2 is 1.48 bits per heavy atom. The fraction of sp³-hybridized carbons (Fsp3) is 0.314. The molecule has 3 aliphatic rings. The fourth-order valence-electron chi connectivity index (χ4n) is 6.64. The maximum atomic E-state index is 14.1. The van der Waals surface area contributed by atoms with E-state index in [0.29, 0.717) is 11.4 Å². The fourth-order valence-corrected chi connectivity index (χ4v) is 7.95. The van der Waals surface area contributed by atoms with Gasteiger partial charge in [0, 0.05) is 18.6 Å². The second-order valence-electron chi connectivity index (χ2n) is 11.6. The van der Waals surface area contributed by atoms with Crippen molar-refractivity contribution in [1.82, 2.24) is 10.2 Å². The molecule has 216 valence electrons. The van der Waals surface area contributed by atoms with E-state index in [1.807, 2.05) is 60.7 Å². The third kappa shape index (κ3) is 5.10. The summed E-state index contributed by atoms with van der Waals surface area (Å²) in [6.45, 7) is 3.26. The van der Waals surface area contributed by atoms with Crippen molar-refractivity contribution in [3.8, 4) is 0 Å². The third-order valence-electron chi connectivity index (χ3n) is 8.88. The molecule has 2 fully saturated rings. The molecule has 6 nitrogen and oxygen atoms in total. The Labute approximate surface area is 252 Å². The number of methoxy groups -OCH3 is 1. The zero-order valence-electron chi connectivity index (χ0n) is 24.2. The normalized spacial score (nSPS) is 21.8. The monoisotopic (exact) mass is 580 g/mol. The molecule has 42 heavy (non-hydrogen) atoms. The molecule has 1 N–H and O–H groups in total. The van der Waals surface area contributed by atoms with Crippen LogP contribution in [0.2, 0.25) is 0 Å². The zero-order valence-corrected chi connectivity index (χ0v) is 25.1. The number of likely N-dealkylation sites (N-methyl/N-ethyl adjacent to an activating group) is 1. The molecule has 3 heterocycles. The summed E-state index contributed by atoms with van der Waals surface area (Å²) in [5.41, 5.74) is 3.57. The van der Waals surface area contributed by atoms with Gasteiger partial charge in [-0.15, -0.1) is 11.8 Å². The summed E-state index contributed by atoms with van der Waals surface area (Å²) in [5, 5.41) is 3.60. The van der Waals surface area contributed by atoms with E-state index in [1.165, 1.54) is 33.0 Å². The molecule has 2 saturated heterocycles. The average molecular weight is 581 g/mol. The van der Waals surface area contributed by atoms with Crippen LogP contribution >= 0.6 is 11.8 Å². The molecule has 3 aromatic carbocycles. The van der Waals surface area contributed by atoms with Crippen LogP contribution in [0.3, 0.4) is 0 Å². The van der Waals surface area contributed by atoms with Gasteiger partial charge in [-0.3, -0.25) is 15.0 Å². The number of amides is 1. The van der Waals surface area contributed by atoms with E-state index >= 15 is 0 Å². The van der Waals surface area contributed by atoms with Crippen molar-refractivity contribution in [2.24, 2.45) is 0 Å². The summed E-state index contributed by atoms with van der Waals surface area (Å²) in [6.07, 6.45) is 6.71. The first kappa shape index (κ1) is 28.5. The number of rotatable bonds is 9. The summed E-state index contributed by atoms with van der Waals surface area (Å²) in [7, 11) is 3.67. The van der Waals surface area contributed by atoms with Crippen molar-refractivity contribution in [3.63, 3.8) is 0 Å². The van der Waals surface area contributed by atoms with E-state index in [1.54, 1.807) is 16.7 Å². The molecular weight excluding hydrogens is 542 g/mol. The second kappa shape index (κ2) is 11.9. The summed E-state index contributed by atoms with van der Waals surface area (Å²) in [6, 6.07) is 30.3. The Morgan fingerprint density at radius 3 is 1.98 bits per heavy atom. The zero-order chi connectivity index (χ0) is 29.2. The standard InChI is InChI=1S/C35H38N3O3S/c1-38(22-12-13-23-38)24-14-15-26-25-42-33-30(32(39)37(33)31(26)34(40)41-2)36-35(27-16-6-3-7-17-27,28-18-8-4-9-19-28)29-20-10-5-11-21-29/h3-11,14-21,30,33,36H,12-13,22-25H2,1-2H3/q+1/t30-,33+/m1/s1. The lowest BCUT2D eigenvalue weighted by molar-refractivity contribution is -0.891. The number of carbonyl (C=O) groups excluding carboxylic acids is 2. The van der Waals surface area contributed by atoms with Crippen LogP contribution in [-0.4, -0.2) is 72.2 Å². The van der Waals surface area contributed by atoms with Gasteiger partial charge in [0.2, 0.25) is 5.91 Å². The first-order valence-electron chi connectivity index (χ1n) is 14.7. The lowest BCUT2D eigenvalue weighted by Gasteiger charge is -2.53. The third-order valence-corrected chi connectivity index (χ3v) is 10.2. The van der Waals surface area contributed by atoms with Gasteiger partial charge < -0.3 is 9.22 Å². The molecule has 0 aliphatic carbocycles. The van der Waals surface area contributed by atoms with Crippen LogP contribution in [0.5, 0.6) is 0 Å². The molecule has 0 unspecified atom stereocenters. The van der Waals surface area contributed by atoms with E-state index in [-0.39, 0.29) is 11.3 Å². The summed E-state index contributed by atoms with van der Waals surface area (Å²) in [4.78, 5) is 28.8. The van der Waals surface area contributed by atoms with Crippen molar-refractivity contribution in [1.29, 1.82) is 0 Å². The van der Waals surface area contributed by atoms with Gasteiger partial charge in [0.1, 0.15) is 17.1 Å². The number of hydrogen-bond donors (Lipinski definition) is 1. The number of allylic oxidation sites excluding steroid dienone is 1. The number of nitrogens with zero attached hydrogens (tertiary/aromatic N) is 2. The summed E-state index contributed by atoms with van der Waals surface area (Å²) in [5.74, 6) is 0.0460. The Kier molecular flexibility index (Phi) is 8.08. The summed E-state index contributed by atoms with van der Waals surface area (Å²) < 4.78 is 6.22. The number of fused-ring (bicyclic) bond motifs is 1. The van der Waals surface area contributed by atoms with Crippen LogP contribution < -0.4 is 5.32 Å². The van der Waals surface area contributed by atoms with E-state index in [2.05, 4.69) is 54.8 Å². The maximum Gasteiger partial charge on any atom is 0.355 e. The van der Waals surface area contributed by atoms with Gasteiger partial charge in [-0.1, -0.05) is 97.1 Å². The number of β-lactam (4-membered cyclic amide) rings is 1. The lowest BCUT2D eigenvalue weighted by Crippen LogP contribution is -2.72. The van der Waals surface area contributed by atoms with Crippen LogP contribution in [0.1, 0.15) is 29.5 Å². The van der Waals surface area contributed by atoms with Gasteiger partial charge in [-0.2, -0.15) is 0 Å². The molecule has 2 atom stereocenters. The predicted octanol–water partition coefficient (Wildman–Crippen LogP) is 5.08. The second-order valence-corrected chi connectivity index (χ2v) is 12.7. The molecule has 1 amide bonds. The van der Waals surface area contributed by atoms with Crippen molar-refractivity contribution in [3.05, 3.63) is 131 Å². The summed E-state index contributed by atoms with van der Waals surface area (Å²) >= 11 is 1.69. The van der Waals surface area contributed by atoms with Crippen LogP contribution in [0.15, 0.2) is 114 Å². The van der Waals surface area contributed by atoms with Crippen LogP contribution in [-0.2, 0) is 19.9 Å². The van der Waals surface area contributed by atoms with Gasteiger partial charge in [0.05, 0.1) is 39.3 Å². The molecule has 0 spiro atoms. The van der Waals surface area contributed by atoms with Crippen molar-refractivity contribution in [2.75, 3.05) is 39.5 Å². The molecule has 6 rings (SSSR count). The highest BCUT2D eigenvalue weighted by Crippen LogP contribution is 2.45. The first-order valence-corrected chi connectivity index (χ1v) is 15.7. The van der Waals surface area contributed by atoms with Crippen molar-refractivity contribution in [2.45, 2.75) is 29.8 Å². The van der Waals surface area contributed by atoms with Crippen molar-refractivity contribution >= 4 is 23.6 Å². The average Bonchev–Trinajstić information content (AvgIpc) is 3.48. The SMILES string of the molecule is COC(=O)C1=C(C=CC[N+]2(C)CCCC2)CS[C@H]2[C@H](NC(c3ccccc3)(c3ccccc3)c3ccccc3)C(=O)N12. The minimum Gasteiger partial charge on any atom is -0.464 e. The van der Waals surface area contributed by atoms with E-state index < -0.39 is 17.6 Å². The van der Waals surface area contributed by atoms with E-state index in [4.69, 9.17) is 4.74 Å². The lowest BCUT2D eigenvalue weighted by atomic mass is 9.76. The molecule has 0 saturated carbocycles. The number of ether oxygens (including phenoxy) is 1. The predicted molar refractivity (Wildman–Crippen MR) is 167 cm³/mol. The van der Waals surface area contributed by atoms with E-state index in [0.717, 1.165) is 33.3 Å². The molecule has 3 aromatic rings. The van der Waals surface area contributed by atoms with Gasteiger partial charge >= 0.3 is 5.97 Å². The van der Waals surface area contributed by atoms with Crippen LogP contribution in [0.4, 0.5) is 0 Å². The number of carbonyl (C=O) groups is 2. The largest absolute Gasteiger partial charge is 0.464 e. The molecular formula is C35H38N3O3S+. The Bertz CT molecular complexity index is 1390. The highest BCUT2D eigenvalue weighted by molar-refractivity contribution is 8.00. The van der Waals surface area contributed by atoms with Crippen LogP contribution in [0, 0.1) is 0 Å². The molecule has 0 radical (unpaired) electrons. The topological polar surface area (TPSA) is 58.6 Å². The van der Waals surface area contributed by atoms with Gasteiger partial charge in [0.15, 0.2) is 0 Å². The number of benzene rings is 3. The Balaban J connectivity index is 1.36. The van der Waals surface area contributed by atoms with Crippen molar-refractivity contribution < 1.29 is 18.8 Å². The number of thioether (sulfide) groups is 1. The number of esters is 1. The molecule has 3 aliphatic heterocycles. The minimum absolute atomic E-state index is 0.121. The number of likely N-dealkylation sites (tertiary alicyclic amines) is 1. The highest BCUT2D eigenvalue weighted by atomic mass is 32.2. The van der Waals surface area contributed by atoms with Crippen LogP contribution in [0.25, 0.3) is 0 Å². The number of nitrogens with one attached hydrogen (secondary N) is 1. The first-order chi connectivity index (χ1) is 20.5. The molecule has 0 bridgehead atoms. The van der Waals surface area contributed by atoms with Gasteiger partial charge in [0.25, 0.3) is 0 Å². The quantitative estimate of drug-likeness (QED) is 0.166. The van der Waals surface area contributed by atoms with E-state index in [9.17, 15) is 9.59 Å². The smallest absolute Gasteiger partial charge is 0.355 e. The number of hydrogen-bond acceptors (Lipinski definition) is 5. The maximum absolute atomic E-state index is 14.1. The Hall–Kier alpha value is -3.65. The Morgan fingerprint density at radius 1 is 0.952 bits per heavy atom. The van der Waals surface area contributed by atoms with Gasteiger partial charge in [-0.05, 0) is 28.3 Å². The highest BCUT2D eigenvalue weighted by Gasteiger charge is 2.56. The molecule has 7 heteroatoms. The minimum atomic E-state index is -0.777.